The molecule has 1 saturated heterocycles. The molecule has 1 aromatic rings. The van der Waals surface area contributed by atoms with Gasteiger partial charge in [-0.15, -0.1) is 0 Å². The first kappa shape index (κ1) is 16.4. The molecule has 0 saturated carbocycles. The van der Waals surface area contributed by atoms with E-state index in [-0.39, 0.29) is 12.0 Å². The lowest BCUT2D eigenvalue weighted by atomic mass is 9.92. The van der Waals surface area contributed by atoms with E-state index in [0.29, 0.717) is 5.92 Å². The van der Waals surface area contributed by atoms with Crippen LogP contribution in [0, 0.1) is 5.92 Å². The quantitative estimate of drug-likeness (QED) is 0.841. The number of ether oxygens (including phenoxy) is 1. The summed E-state index contributed by atoms with van der Waals surface area (Å²) in [5, 5.41) is 0. The number of carbonyl (C=O) groups is 1. The van der Waals surface area contributed by atoms with E-state index in [1.165, 1.54) is 36.8 Å². The summed E-state index contributed by atoms with van der Waals surface area (Å²) in [6.45, 7) is 6.02. The molecule has 1 amide bonds. The van der Waals surface area contributed by atoms with Crippen molar-refractivity contribution in [3.05, 3.63) is 29.3 Å². The normalized spacial score (nSPS) is 22.3. The Labute approximate surface area is 140 Å². The average molecular weight is 315 g/mol. The molecule has 23 heavy (non-hydrogen) atoms. The number of rotatable bonds is 4. The van der Waals surface area contributed by atoms with E-state index in [1.807, 2.05) is 17.9 Å². The van der Waals surface area contributed by atoms with E-state index in [9.17, 15) is 4.79 Å². The molecule has 3 rings (SSSR count). The molecule has 0 unspecified atom stereocenters. The van der Waals surface area contributed by atoms with E-state index in [1.54, 1.807) is 0 Å². The maximum atomic E-state index is 12.8. The van der Waals surface area contributed by atoms with Crippen LogP contribution in [-0.4, -0.2) is 30.0 Å². The summed E-state index contributed by atoms with van der Waals surface area (Å²) in [6.07, 6.45) is 7.59. The molecule has 0 bridgehead atoms. The Kier molecular flexibility index (Phi) is 5.24. The molecule has 3 heteroatoms. The summed E-state index contributed by atoms with van der Waals surface area (Å²) in [4.78, 5) is 14.8. The number of nitrogens with zero attached hydrogens (tertiary/aromatic N) is 1. The molecule has 1 heterocycles. The van der Waals surface area contributed by atoms with Crippen LogP contribution in [0.25, 0.3) is 0 Å². The van der Waals surface area contributed by atoms with E-state index < -0.39 is 0 Å². The highest BCUT2D eigenvalue weighted by atomic mass is 16.5. The number of likely N-dealkylation sites (tertiary alicyclic amines) is 1. The standard InChI is InChI=1S/C20H29NO2/c1-3-19(20(22)21-12-6-7-15(2)14-21)23-18-11-10-16-8-4-5-9-17(16)13-18/h10-11,13,15,19H,3-9,12,14H2,1-2H3/t15-,19+/m1/s1. The van der Waals surface area contributed by atoms with Gasteiger partial charge >= 0.3 is 0 Å². The van der Waals surface area contributed by atoms with Crippen molar-refractivity contribution in [2.24, 2.45) is 5.92 Å². The molecule has 1 aromatic carbocycles. The Morgan fingerprint density at radius 2 is 2.04 bits per heavy atom. The smallest absolute Gasteiger partial charge is 0.263 e. The molecule has 126 valence electrons. The predicted octanol–water partition coefficient (Wildman–Crippen LogP) is 3.98. The van der Waals surface area contributed by atoms with E-state index >= 15 is 0 Å². The van der Waals surface area contributed by atoms with Gasteiger partial charge in [0.2, 0.25) is 0 Å². The topological polar surface area (TPSA) is 29.5 Å². The lowest BCUT2D eigenvalue weighted by molar-refractivity contribution is -0.140. The van der Waals surface area contributed by atoms with Gasteiger partial charge < -0.3 is 9.64 Å². The molecule has 3 nitrogen and oxygen atoms in total. The number of benzene rings is 1. The van der Waals surface area contributed by atoms with E-state index in [0.717, 1.165) is 38.1 Å². The molecule has 0 aromatic heterocycles. The van der Waals surface area contributed by atoms with Gasteiger partial charge in [-0.25, -0.2) is 0 Å². The van der Waals surface area contributed by atoms with Gasteiger partial charge in [0.15, 0.2) is 6.10 Å². The third-order valence-corrected chi connectivity index (χ3v) is 5.21. The molecule has 1 aliphatic heterocycles. The van der Waals surface area contributed by atoms with Crippen LogP contribution in [0.5, 0.6) is 5.75 Å². The van der Waals surface area contributed by atoms with Gasteiger partial charge in [0.05, 0.1) is 0 Å². The van der Waals surface area contributed by atoms with Gasteiger partial charge in [-0.1, -0.05) is 19.9 Å². The van der Waals surface area contributed by atoms with Crippen LogP contribution in [0.4, 0.5) is 0 Å². The number of piperidine rings is 1. The van der Waals surface area contributed by atoms with Gasteiger partial charge in [-0.3, -0.25) is 4.79 Å². The Bertz CT molecular complexity index is 555. The van der Waals surface area contributed by atoms with Crippen molar-refractivity contribution >= 4 is 5.91 Å². The largest absolute Gasteiger partial charge is 0.481 e. The van der Waals surface area contributed by atoms with Crippen LogP contribution in [-0.2, 0) is 17.6 Å². The second-order valence-corrected chi connectivity index (χ2v) is 7.18. The maximum Gasteiger partial charge on any atom is 0.263 e. The summed E-state index contributed by atoms with van der Waals surface area (Å²) >= 11 is 0. The number of carbonyl (C=O) groups excluding carboxylic acids is 1. The van der Waals surface area contributed by atoms with Gasteiger partial charge in [-0.2, -0.15) is 0 Å². The minimum atomic E-state index is -0.345. The fraction of sp³-hybridized carbons (Fsp3) is 0.650. The molecule has 1 fully saturated rings. The van der Waals surface area contributed by atoms with Crippen LogP contribution < -0.4 is 4.74 Å². The van der Waals surface area contributed by atoms with E-state index in [2.05, 4.69) is 19.1 Å². The Morgan fingerprint density at radius 3 is 2.78 bits per heavy atom. The van der Waals surface area contributed by atoms with Crippen molar-refractivity contribution in [3.8, 4) is 5.75 Å². The number of hydrogen-bond donors (Lipinski definition) is 0. The van der Waals surface area contributed by atoms with Crippen molar-refractivity contribution in [2.75, 3.05) is 13.1 Å². The summed E-state index contributed by atoms with van der Waals surface area (Å²) in [5.74, 6) is 1.63. The first-order chi connectivity index (χ1) is 11.2. The van der Waals surface area contributed by atoms with Gasteiger partial charge in [0.1, 0.15) is 5.75 Å². The van der Waals surface area contributed by atoms with Crippen molar-refractivity contribution in [2.45, 2.75) is 64.9 Å². The third kappa shape index (κ3) is 3.88. The number of hydrogen-bond acceptors (Lipinski definition) is 2. The van der Waals surface area contributed by atoms with Crippen molar-refractivity contribution in [3.63, 3.8) is 0 Å². The van der Waals surface area contributed by atoms with Crippen LogP contribution in [0.2, 0.25) is 0 Å². The zero-order valence-electron chi connectivity index (χ0n) is 14.5. The molecular formula is C20H29NO2. The van der Waals surface area contributed by atoms with Gasteiger partial charge in [0, 0.05) is 13.1 Å². The molecule has 2 atom stereocenters. The highest BCUT2D eigenvalue weighted by molar-refractivity contribution is 5.81. The fourth-order valence-electron chi connectivity index (χ4n) is 3.85. The van der Waals surface area contributed by atoms with Crippen LogP contribution >= 0.6 is 0 Å². The number of aryl methyl sites for hydroxylation is 2. The van der Waals surface area contributed by atoms with Crippen molar-refractivity contribution in [1.29, 1.82) is 0 Å². The fourth-order valence-corrected chi connectivity index (χ4v) is 3.85. The third-order valence-electron chi connectivity index (χ3n) is 5.21. The second-order valence-electron chi connectivity index (χ2n) is 7.18. The summed E-state index contributed by atoms with van der Waals surface area (Å²) in [7, 11) is 0. The summed E-state index contributed by atoms with van der Waals surface area (Å²) < 4.78 is 6.09. The summed E-state index contributed by atoms with van der Waals surface area (Å²) in [6, 6.07) is 6.38. The van der Waals surface area contributed by atoms with E-state index in [4.69, 9.17) is 4.74 Å². The average Bonchev–Trinajstić information content (AvgIpc) is 2.59. The Hall–Kier alpha value is -1.51. The molecule has 2 aliphatic rings. The SMILES string of the molecule is CC[C@H](Oc1ccc2c(c1)CCCC2)C(=O)N1CCC[C@@H](C)C1. The minimum absolute atomic E-state index is 0.164. The van der Waals surface area contributed by atoms with Gasteiger partial charge in [-0.05, 0) is 74.1 Å². The number of amides is 1. The molecule has 1 aliphatic carbocycles. The number of fused-ring (bicyclic) bond motifs is 1. The highest BCUT2D eigenvalue weighted by Crippen LogP contribution is 2.26. The highest BCUT2D eigenvalue weighted by Gasteiger charge is 2.28. The van der Waals surface area contributed by atoms with Crippen LogP contribution in [0.1, 0.15) is 57.1 Å². The first-order valence-corrected chi connectivity index (χ1v) is 9.24. The molecular weight excluding hydrogens is 286 g/mol. The van der Waals surface area contributed by atoms with Crippen LogP contribution in [0.15, 0.2) is 18.2 Å². The Morgan fingerprint density at radius 1 is 1.26 bits per heavy atom. The monoisotopic (exact) mass is 315 g/mol. The second kappa shape index (κ2) is 7.37. The summed E-state index contributed by atoms with van der Waals surface area (Å²) in [5.41, 5.74) is 2.86. The van der Waals surface area contributed by atoms with Gasteiger partial charge in [0.25, 0.3) is 5.91 Å². The zero-order valence-corrected chi connectivity index (χ0v) is 14.5. The Balaban J connectivity index is 1.68. The lowest BCUT2D eigenvalue weighted by Crippen LogP contribution is -2.46. The van der Waals surface area contributed by atoms with Crippen molar-refractivity contribution < 1.29 is 9.53 Å². The molecule has 0 radical (unpaired) electrons. The molecule has 0 N–H and O–H groups in total. The minimum Gasteiger partial charge on any atom is -0.481 e. The predicted molar refractivity (Wildman–Crippen MR) is 92.8 cm³/mol. The maximum absolute atomic E-state index is 12.8. The first-order valence-electron chi connectivity index (χ1n) is 9.24. The van der Waals surface area contributed by atoms with Crippen LogP contribution in [0.3, 0.4) is 0 Å². The lowest BCUT2D eigenvalue weighted by Gasteiger charge is -2.33. The zero-order chi connectivity index (χ0) is 16.2. The molecule has 0 spiro atoms. The van der Waals surface area contributed by atoms with Crippen molar-refractivity contribution in [1.82, 2.24) is 4.90 Å².